The van der Waals surface area contributed by atoms with Crippen molar-refractivity contribution in [2.45, 2.75) is 24.5 Å². The lowest BCUT2D eigenvalue weighted by atomic mass is 10.2. The number of hydrogen-bond donors (Lipinski definition) is 1. The van der Waals surface area contributed by atoms with Crippen LogP contribution in [-0.2, 0) is 16.3 Å². The Bertz CT molecular complexity index is 506. The van der Waals surface area contributed by atoms with Gasteiger partial charge in [0, 0.05) is 6.42 Å². The monoisotopic (exact) mass is 246 g/mol. The molecule has 0 spiro atoms. The lowest BCUT2D eigenvalue weighted by Crippen LogP contribution is -2.19. The number of sulfone groups is 1. The van der Waals surface area contributed by atoms with E-state index in [-0.39, 0.29) is 18.0 Å². The quantitative estimate of drug-likeness (QED) is 0.791. The van der Waals surface area contributed by atoms with Gasteiger partial charge in [-0.1, -0.05) is 5.16 Å². The number of aromatic nitrogens is 2. The summed E-state index contributed by atoms with van der Waals surface area (Å²) in [5.41, 5.74) is 0. The van der Waals surface area contributed by atoms with Crippen molar-refractivity contribution in [2.75, 3.05) is 5.75 Å². The highest BCUT2D eigenvalue weighted by Gasteiger charge is 2.32. The molecule has 0 aliphatic carbocycles. The molecule has 1 aliphatic heterocycles. The Balaban J connectivity index is 2.12. The van der Waals surface area contributed by atoms with Gasteiger partial charge < -0.3 is 9.63 Å². The summed E-state index contributed by atoms with van der Waals surface area (Å²) in [5, 5.41) is 11.5. The highest BCUT2D eigenvalue weighted by molar-refractivity contribution is 7.92. The third-order valence-electron chi connectivity index (χ3n) is 2.52. The maximum atomic E-state index is 11.5. The van der Waals surface area contributed by atoms with Crippen LogP contribution in [0, 0.1) is 0 Å². The van der Waals surface area contributed by atoms with E-state index in [0.29, 0.717) is 12.8 Å². The Morgan fingerprint density at radius 2 is 2.31 bits per heavy atom. The van der Waals surface area contributed by atoms with E-state index in [4.69, 9.17) is 5.11 Å². The Morgan fingerprint density at radius 1 is 1.56 bits per heavy atom. The van der Waals surface area contributed by atoms with Crippen LogP contribution in [-0.4, -0.2) is 40.6 Å². The number of aromatic carboxylic acids is 1. The number of carbonyl (C=O) groups is 1. The fourth-order valence-corrected chi connectivity index (χ4v) is 3.55. The van der Waals surface area contributed by atoms with Crippen LogP contribution in [0.3, 0.4) is 0 Å². The maximum absolute atomic E-state index is 11.5. The van der Waals surface area contributed by atoms with Gasteiger partial charge in [-0.3, -0.25) is 0 Å². The van der Waals surface area contributed by atoms with Crippen LogP contribution in [0.1, 0.15) is 29.4 Å². The van der Waals surface area contributed by atoms with Crippen LogP contribution in [0.15, 0.2) is 4.52 Å². The van der Waals surface area contributed by atoms with Crippen molar-refractivity contribution in [1.82, 2.24) is 10.1 Å². The lowest BCUT2D eigenvalue weighted by molar-refractivity contribution is 0.0643. The van der Waals surface area contributed by atoms with Gasteiger partial charge in [0.1, 0.15) is 0 Å². The van der Waals surface area contributed by atoms with E-state index in [2.05, 4.69) is 14.7 Å². The molecule has 2 rings (SSSR count). The fraction of sp³-hybridized carbons (Fsp3) is 0.625. The van der Waals surface area contributed by atoms with Gasteiger partial charge in [0.05, 0.1) is 11.0 Å². The van der Waals surface area contributed by atoms with Crippen LogP contribution in [0.25, 0.3) is 0 Å². The number of carboxylic acids is 1. The predicted octanol–water partition coefficient (Wildman–Crippen LogP) is -0.112. The summed E-state index contributed by atoms with van der Waals surface area (Å²) < 4.78 is 27.5. The molecule has 0 aromatic carbocycles. The van der Waals surface area contributed by atoms with Crippen molar-refractivity contribution in [1.29, 1.82) is 0 Å². The second kappa shape index (κ2) is 3.85. The molecular weight excluding hydrogens is 236 g/mol. The minimum absolute atomic E-state index is 0.124. The van der Waals surface area contributed by atoms with E-state index in [9.17, 15) is 13.2 Å². The molecule has 0 bridgehead atoms. The molecule has 1 aromatic rings. The Kier molecular flexibility index (Phi) is 2.66. The van der Waals surface area contributed by atoms with Gasteiger partial charge in [0.15, 0.2) is 15.7 Å². The molecule has 1 unspecified atom stereocenters. The molecule has 8 heteroatoms. The van der Waals surface area contributed by atoms with Crippen LogP contribution in [0.5, 0.6) is 0 Å². The zero-order chi connectivity index (χ0) is 11.8. The second-order valence-electron chi connectivity index (χ2n) is 3.66. The first kappa shape index (κ1) is 11.1. The van der Waals surface area contributed by atoms with Gasteiger partial charge in [0.2, 0.25) is 0 Å². The minimum Gasteiger partial charge on any atom is -0.474 e. The smallest absolute Gasteiger partial charge is 0.394 e. The van der Waals surface area contributed by atoms with Gasteiger partial charge >= 0.3 is 11.9 Å². The van der Waals surface area contributed by atoms with Crippen molar-refractivity contribution in [3.05, 3.63) is 11.7 Å². The van der Waals surface area contributed by atoms with E-state index >= 15 is 0 Å². The Labute approximate surface area is 91.4 Å². The van der Waals surface area contributed by atoms with E-state index in [1.54, 1.807) is 0 Å². The molecule has 16 heavy (non-hydrogen) atoms. The van der Waals surface area contributed by atoms with Crippen molar-refractivity contribution < 1.29 is 22.8 Å². The predicted molar refractivity (Wildman–Crippen MR) is 51.8 cm³/mol. The molecule has 1 aromatic heterocycles. The largest absolute Gasteiger partial charge is 0.474 e. The van der Waals surface area contributed by atoms with Crippen LogP contribution >= 0.6 is 0 Å². The van der Waals surface area contributed by atoms with Crippen molar-refractivity contribution in [3.8, 4) is 0 Å². The number of carboxylic acid groups (broad SMARTS) is 1. The number of rotatable bonds is 3. The summed E-state index contributed by atoms with van der Waals surface area (Å²) in [5.74, 6) is -1.51. The molecule has 1 saturated heterocycles. The van der Waals surface area contributed by atoms with Crippen LogP contribution < -0.4 is 0 Å². The van der Waals surface area contributed by atoms with Gasteiger partial charge in [-0.05, 0) is 12.8 Å². The summed E-state index contributed by atoms with van der Waals surface area (Å²) in [6, 6.07) is 0. The van der Waals surface area contributed by atoms with E-state index in [1.807, 2.05) is 0 Å². The first-order valence-corrected chi connectivity index (χ1v) is 6.48. The van der Waals surface area contributed by atoms with Crippen molar-refractivity contribution >= 4 is 15.8 Å². The molecule has 1 N–H and O–H groups in total. The summed E-state index contributed by atoms with van der Waals surface area (Å²) in [6.45, 7) is 0. The van der Waals surface area contributed by atoms with E-state index in [1.165, 1.54) is 0 Å². The highest BCUT2D eigenvalue weighted by atomic mass is 32.2. The van der Waals surface area contributed by atoms with Gasteiger partial charge in [-0.15, -0.1) is 0 Å². The summed E-state index contributed by atoms with van der Waals surface area (Å²) in [7, 11) is -3.07. The molecule has 1 aliphatic rings. The van der Waals surface area contributed by atoms with Crippen LogP contribution in [0.4, 0.5) is 0 Å². The Morgan fingerprint density at radius 3 is 2.81 bits per heavy atom. The molecule has 2 heterocycles. The highest BCUT2D eigenvalue weighted by Crippen LogP contribution is 2.22. The first-order chi connectivity index (χ1) is 7.49. The van der Waals surface area contributed by atoms with Gasteiger partial charge in [-0.2, -0.15) is 4.98 Å². The third-order valence-corrected chi connectivity index (χ3v) is 4.80. The van der Waals surface area contributed by atoms with Gasteiger partial charge in [0.25, 0.3) is 0 Å². The SMILES string of the molecule is O=C(O)c1nc(CC2CCCS2(=O)=O)no1. The first-order valence-electron chi connectivity index (χ1n) is 4.76. The normalized spacial score (nSPS) is 23.4. The third kappa shape index (κ3) is 2.06. The minimum atomic E-state index is -3.07. The molecule has 1 atom stereocenters. The van der Waals surface area contributed by atoms with E-state index < -0.39 is 26.9 Å². The fourth-order valence-electron chi connectivity index (χ4n) is 1.71. The topological polar surface area (TPSA) is 110 Å². The summed E-state index contributed by atoms with van der Waals surface area (Å²) in [4.78, 5) is 14.1. The summed E-state index contributed by atoms with van der Waals surface area (Å²) >= 11 is 0. The number of nitrogens with zero attached hydrogens (tertiary/aromatic N) is 2. The average molecular weight is 246 g/mol. The molecule has 0 saturated carbocycles. The van der Waals surface area contributed by atoms with Crippen molar-refractivity contribution in [3.63, 3.8) is 0 Å². The van der Waals surface area contributed by atoms with E-state index in [0.717, 1.165) is 0 Å². The molecule has 0 radical (unpaired) electrons. The summed E-state index contributed by atoms with van der Waals surface area (Å²) in [6.07, 6.45) is 1.33. The van der Waals surface area contributed by atoms with Crippen LogP contribution in [0.2, 0.25) is 0 Å². The zero-order valence-corrected chi connectivity index (χ0v) is 9.11. The average Bonchev–Trinajstić information content (AvgIpc) is 2.75. The molecule has 7 nitrogen and oxygen atoms in total. The molecule has 1 fully saturated rings. The van der Waals surface area contributed by atoms with Crippen molar-refractivity contribution in [2.24, 2.45) is 0 Å². The Hall–Kier alpha value is -1.44. The lowest BCUT2D eigenvalue weighted by Gasteiger charge is -2.04. The maximum Gasteiger partial charge on any atom is 0.394 e. The van der Waals surface area contributed by atoms with Gasteiger partial charge in [-0.25, -0.2) is 13.2 Å². The standard InChI is InChI=1S/C8H10N2O5S/c11-8(12)7-9-6(10-15-7)4-5-2-1-3-16(5,13)14/h5H,1-4H2,(H,11,12). The number of hydrogen-bond acceptors (Lipinski definition) is 6. The second-order valence-corrected chi connectivity index (χ2v) is 6.06. The molecule has 88 valence electrons. The molecule has 0 amide bonds. The zero-order valence-electron chi connectivity index (χ0n) is 8.29. The molecular formula is C8H10N2O5S.